The van der Waals surface area contributed by atoms with Gasteiger partial charge in [0.25, 0.3) is 0 Å². The Hall–Kier alpha value is 0.254. The van der Waals surface area contributed by atoms with Gasteiger partial charge in [0, 0.05) is 32.7 Å². The Morgan fingerprint density at radius 2 is 1.83 bits per heavy atom. The van der Waals surface area contributed by atoms with E-state index in [1.807, 2.05) is 27.7 Å². The normalized spacial score (nSPS) is 8.42. The summed E-state index contributed by atoms with van der Waals surface area (Å²) in [5, 5.41) is 0. The summed E-state index contributed by atoms with van der Waals surface area (Å²) in [6, 6.07) is 0. The van der Waals surface area contributed by atoms with Crippen LogP contribution in [0.25, 0.3) is 0 Å². The molecule has 0 rings (SSSR count). The Morgan fingerprint density at radius 1 is 1.42 bits per heavy atom. The summed E-state index contributed by atoms with van der Waals surface area (Å²) >= 11 is 0. The van der Waals surface area contributed by atoms with Crippen LogP contribution in [-0.4, -0.2) is 6.29 Å². The molecule has 0 atom stereocenters. The van der Waals surface area contributed by atoms with Crippen LogP contribution in [0.2, 0.25) is 0 Å². The molecule has 0 saturated heterocycles. The zero-order chi connectivity index (χ0) is 9.28. The molecule has 0 heterocycles. The van der Waals surface area contributed by atoms with Gasteiger partial charge >= 0.3 is 0 Å². The second kappa shape index (κ2) is 13.8. The van der Waals surface area contributed by atoms with Crippen molar-refractivity contribution in [3.63, 3.8) is 0 Å². The standard InChI is InChI=1S/C8H10O.C2H6.Y/c1-7(2)8(3)5-4-6-9;1-2;/h3-5,7H,1-2H3;1-2H3;/q-2;;. The molecule has 1 nitrogen and oxygen atoms in total. The maximum atomic E-state index is 9.65. The smallest absolute Gasteiger partial charge is 0 e. The van der Waals surface area contributed by atoms with E-state index in [0.29, 0.717) is 11.5 Å². The predicted octanol–water partition coefficient (Wildman–Crippen LogP) is 2.69. The summed E-state index contributed by atoms with van der Waals surface area (Å²) < 4.78 is 0. The third kappa shape index (κ3) is 12.9. The third-order valence-corrected chi connectivity index (χ3v) is 1.01. The predicted molar refractivity (Wildman–Crippen MR) is 48.8 cm³/mol. The van der Waals surface area contributed by atoms with Gasteiger partial charge in [-0.3, -0.25) is 6.58 Å². The van der Waals surface area contributed by atoms with Crippen molar-refractivity contribution in [2.24, 2.45) is 5.92 Å². The molecule has 0 amide bonds. The first kappa shape index (κ1) is 18.1. The summed E-state index contributed by atoms with van der Waals surface area (Å²) in [6.07, 6.45) is 4.46. The van der Waals surface area contributed by atoms with Crippen LogP contribution >= 0.6 is 0 Å². The van der Waals surface area contributed by atoms with Gasteiger partial charge in [-0.25, -0.2) is 11.6 Å². The van der Waals surface area contributed by atoms with E-state index in [-0.39, 0.29) is 32.7 Å². The van der Waals surface area contributed by atoms with Gasteiger partial charge < -0.3 is 4.79 Å². The van der Waals surface area contributed by atoms with E-state index in [9.17, 15) is 4.79 Å². The fourth-order valence-electron chi connectivity index (χ4n) is 0.323. The molecule has 0 spiro atoms. The van der Waals surface area contributed by atoms with Crippen LogP contribution < -0.4 is 0 Å². The van der Waals surface area contributed by atoms with E-state index < -0.39 is 0 Å². The number of hydrogen-bond donors (Lipinski definition) is 0. The van der Waals surface area contributed by atoms with Gasteiger partial charge in [-0.05, 0) is 6.29 Å². The van der Waals surface area contributed by atoms with E-state index in [1.54, 1.807) is 12.4 Å². The molecule has 0 saturated carbocycles. The maximum Gasteiger partial charge on any atom is 0 e. The first-order valence-electron chi connectivity index (χ1n) is 3.85. The van der Waals surface area contributed by atoms with Gasteiger partial charge in [-0.1, -0.05) is 33.6 Å². The zero-order valence-electron chi connectivity index (χ0n) is 8.29. The van der Waals surface area contributed by atoms with Crippen molar-refractivity contribution in [2.75, 3.05) is 0 Å². The van der Waals surface area contributed by atoms with Crippen molar-refractivity contribution >= 4 is 6.29 Å². The molecule has 12 heavy (non-hydrogen) atoms. The molecule has 0 aromatic rings. The minimum absolute atomic E-state index is 0. The topological polar surface area (TPSA) is 17.1 Å². The van der Waals surface area contributed by atoms with Gasteiger partial charge in [0.15, 0.2) is 0 Å². The number of carbonyl (C=O) groups excluding carboxylic acids is 1. The molecular formula is C10H16OY-2. The van der Waals surface area contributed by atoms with Gasteiger partial charge in [-0.2, -0.15) is 6.08 Å². The van der Waals surface area contributed by atoms with Crippen LogP contribution in [0.4, 0.5) is 0 Å². The summed E-state index contributed by atoms with van der Waals surface area (Å²) in [5.74, 6) is 0.301. The summed E-state index contributed by atoms with van der Waals surface area (Å²) in [5.41, 5.74) is 0.707. The molecule has 0 N–H and O–H groups in total. The molecular weight excluding hydrogens is 225 g/mol. The summed E-state index contributed by atoms with van der Waals surface area (Å²) in [4.78, 5) is 9.65. The van der Waals surface area contributed by atoms with Crippen molar-refractivity contribution in [1.29, 1.82) is 0 Å². The molecule has 0 bridgehead atoms. The van der Waals surface area contributed by atoms with Crippen molar-refractivity contribution in [2.45, 2.75) is 27.7 Å². The maximum absolute atomic E-state index is 9.65. The molecule has 0 aromatic heterocycles. The quantitative estimate of drug-likeness (QED) is 0.422. The van der Waals surface area contributed by atoms with Crippen molar-refractivity contribution in [3.8, 4) is 0 Å². The Morgan fingerprint density at radius 3 is 2.08 bits per heavy atom. The summed E-state index contributed by atoms with van der Waals surface area (Å²) in [7, 11) is 0. The van der Waals surface area contributed by atoms with Gasteiger partial charge in [0.2, 0.25) is 0 Å². The van der Waals surface area contributed by atoms with E-state index >= 15 is 0 Å². The van der Waals surface area contributed by atoms with E-state index in [4.69, 9.17) is 6.58 Å². The van der Waals surface area contributed by atoms with Crippen molar-refractivity contribution in [1.82, 2.24) is 0 Å². The van der Waals surface area contributed by atoms with Crippen molar-refractivity contribution in [3.05, 3.63) is 24.3 Å². The van der Waals surface area contributed by atoms with Crippen LogP contribution in [0.1, 0.15) is 27.7 Å². The minimum Gasteiger partial charge on any atom is -0.419 e. The van der Waals surface area contributed by atoms with Crippen LogP contribution in [-0.2, 0) is 37.5 Å². The molecule has 1 radical (unpaired) electrons. The Bertz CT molecular complexity index is 137. The second-order valence-corrected chi connectivity index (χ2v) is 2.11. The Kier molecular flexibility index (Phi) is 20.9. The molecule has 0 aliphatic rings. The molecule has 0 aliphatic carbocycles. The minimum atomic E-state index is 0. The van der Waals surface area contributed by atoms with E-state index in [1.165, 1.54) is 6.08 Å². The average molecular weight is 241 g/mol. The molecule has 0 fully saturated rings. The third-order valence-electron chi connectivity index (χ3n) is 1.01. The SMILES string of the molecule is CC.[CH-]=C(C=C[C-]=O)C(C)C.[Y]. The Balaban J connectivity index is -0.000000249. The number of rotatable bonds is 3. The number of hydrogen-bond acceptors (Lipinski definition) is 1. The Labute approximate surface area is 101 Å². The molecule has 0 aromatic carbocycles. The fraction of sp³-hybridized carbons (Fsp3) is 0.500. The van der Waals surface area contributed by atoms with E-state index in [0.717, 1.165) is 0 Å². The van der Waals surface area contributed by atoms with Crippen molar-refractivity contribution < 1.29 is 37.5 Å². The summed E-state index contributed by atoms with van der Waals surface area (Å²) in [6.45, 7) is 13.4. The first-order chi connectivity index (χ1) is 5.18. The van der Waals surface area contributed by atoms with Gasteiger partial charge in [0.1, 0.15) is 0 Å². The van der Waals surface area contributed by atoms with Gasteiger partial charge in [-0.15, -0.1) is 0 Å². The zero-order valence-corrected chi connectivity index (χ0v) is 11.1. The molecule has 0 unspecified atom stereocenters. The van der Waals surface area contributed by atoms with Crippen LogP contribution in [0, 0.1) is 12.5 Å². The number of allylic oxidation sites excluding steroid dienone is 3. The second-order valence-electron chi connectivity index (χ2n) is 2.11. The largest absolute Gasteiger partial charge is 0.419 e. The first-order valence-corrected chi connectivity index (χ1v) is 3.85. The monoisotopic (exact) mass is 241 g/mol. The molecule has 0 aliphatic heterocycles. The fourth-order valence-corrected chi connectivity index (χ4v) is 0.323. The van der Waals surface area contributed by atoms with Crippen LogP contribution in [0.5, 0.6) is 0 Å². The molecule has 2 heteroatoms. The van der Waals surface area contributed by atoms with Gasteiger partial charge in [0.05, 0.1) is 0 Å². The van der Waals surface area contributed by atoms with Crippen LogP contribution in [0.15, 0.2) is 17.7 Å². The van der Waals surface area contributed by atoms with Crippen LogP contribution in [0.3, 0.4) is 0 Å². The molecule has 67 valence electrons. The van der Waals surface area contributed by atoms with E-state index in [2.05, 4.69) is 0 Å². The average Bonchev–Trinajstić information content (AvgIpc) is 2.03.